The van der Waals surface area contributed by atoms with Crippen LogP contribution in [0.3, 0.4) is 0 Å². The first kappa shape index (κ1) is 17.1. The molecule has 0 saturated carbocycles. The zero-order valence-corrected chi connectivity index (χ0v) is 14.3. The van der Waals surface area contributed by atoms with E-state index in [4.69, 9.17) is 16.0 Å². The molecule has 0 saturated heterocycles. The van der Waals surface area contributed by atoms with Crippen molar-refractivity contribution < 1.29 is 17.6 Å². The van der Waals surface area contributed by atoms with Gasteiger partial charge in [-0.2, -0.15) is 10.4 Å². The minimum Gasteiger partial charge on any atom is -0.445 e. The first-order valence-corrected chi connectivity index (χ1v) is 7.98. The van der Waals surface area contributed by atoms with E-state index in [1.807, 2.05) is 6.07 Å². The number of halogens is 4. The monoisotopic (exact) mass is 388 g/mol. The molecular weight excluding hydrogens is 381 g/mol. The molecule has 4 rings (SSSR count). The quantitative estimate of drug-likeness (QED) is 0.482. The van der Waals surface area contributed by atoms with Gasteiger partial charge in [-0.05, 0) is 42.8 Å². The molecule has 3 aromatic heterocycles. The Labute approximate surface area is 155 Å². The van der Waals surface area contributed by atoms with Gasteiger partial charge in [0.2, 0.25) is 0 Å². The lowest BCUT2D eigenvalue weighted by Crippen LogP contribution is -2.01. The van der Waals surface area contributed by atoms with Crippen molar-refractivity contribution in [3.8, 4) is 28.7 Å². The Balaban J connectivity index is 2.20. The Morgan fingerprint density at radius 1 is 1.11 bits per heavy atom. The van der Waals surface area contributed by atoms with E-state index in [2.05, 4.69) is 15.2 Å². The maximum atomic E-state index is 14.4. The number of nitrogens with one attached hydrogen (secondary N) is 1. The Kier molecular flexibility index (Phi) is 3.89. The smallest absolute Gasteiger partial charge is 0.193 e. The van der Waals surface area contributed by atoms with Crippen LogP contribution in [0, 0.1) is 35.7 Å². The van der Waals surface area contributed by atoms with Crippen molar-refractivity contribution in [1.82, 2.24) is 15.2 Å². The minimum atomic E-state index is -1.45. The third-order valence-electron chi connectivity index (χ3n) is 4.10. The maximum Gasteiger partial charge on any atom is 0.193 e. The summed E-state index contributed by atoms with van der Waals surface area (Å²) >= 11 is 5.84. The van der Waals surface area contributed by atoms with E-state index in [1.165, 1.54) is 12.1 Å². The van der Waals surface area contributed by atoms with Crippen molar-refractivity contribution in [3.63, 3.8) is 0 Å². The number of rotatable bonds is 2. The summed E-state index contributed by atoms with van der Waals surface area (Å²) < 4.78 is 47.8. The topological polar surface area (TPSA) is 78.5 Å². The van der Waals surface area contributed by atoms with Crippen LogP contribution in [0.15, 0.2) is 28.7 Å². The van der Waals surface area contributed by atoms with Gasteiger partial charge in [0.15, 0.2) is 22.5 Å². The number of hydrogen-bond acceptors (Lipinski definition) is 4. The number of H-pyrrole nitrogens is 1. The van der Waals surface area contributed by atoms with Crippen LogP contribution in [0.1, 0.15) is 11.3 Å². The predicted octanol–water partition coefficient (Wildman–Crippen LogP) is 5.14. The highest BCUT2D eigenvalue weighted by Crippen LogP contribution is 2.40. The van der Waals surface area contributed by atoms with Crippen molar-refractivity contribution in [1.29, 1.82) is 5.26 Å². The van der Waals surface area contributed by atoms with Gasteiger partial charge in [0.1, 0.15) is 17.6 Å². The normalized spacial score (nSPS) is 11.1. The van der Waals surface area contributed by atoms with Crippen LogP contribution in [-0.2, 0) is 0 Å². The van der Waals surface area contributed by atoms with Crippen molar-refractivity contribution >= 4 is 22.6 Å². The summed E-state index contributed by atoms with van der Waals surface area (Å²) in [4.78, 5) is 4.13. The van der Waals surface area contributed by atoms with Gasteiger partial charge in [0, 0.05) is 0 Å². The summed E-state index contributed by atoms with van der Waals surface area (Å²) in [5.41, 5.74) is -0.458. The second-order valence-electron chi connectivity index (χ2n) is 5.68. The largest absolute Gasteiger partial charge is 0.445 e. The second kappa shape index (κ2) is 6.14. The molecule has 0 atom stereocenters. The molecule has 5 nitrogen and oxygen atoms in total. The summed E-state index contributed by atoms with van der Waals surface area (Å²) in [6.45, 7) is 1.67. The highest BCUT2D eigenvalue weighted by Gasteiger charge is 2.27. The zero-order valence-electron chi connectivity index (χ0n) is 13.6. The summed E-state index contributed by atoms with van der Waals surface area (Å²) in [7, 11) is 0. The standard InChI is InChI=1S/C18H8ClF3N4O/c1-7-13-14(11-4-5-12(19)27-11)8(6-23)17(24-18(13)26-25-7)15-9(20)2-3-10(21)16(15)22/h2-5H,1H3,(H,24,25,26). The number of aryl methyl sites for hydroxylation is 1. The second-order valence-corrected chi connectivity index (χ2v) is 6.05. The van der Waals surface area contributed by atoms with Gasteiger partial charge >= 0.3 is 0 Å². The lowest BCUT2D eigenvalue weighted by molar-refractivity contribution is 0.498. The van der Waals surface area contributed by atoms with E-state index in [9.17, 15) is 18.4 Å². The first-order chi connectivity index (χ1) is 12.9. The van der Waals surface area contributed by atoms with Gasteiger partial charge < -0.3 is 4.42 Å². The number of pyridine rings is 1. The predicted molar refractivity (Wildman–Crippen MR) is 91.4 cm³/mol. The maximum absolute atomic E-state index is 14.4. The van der Waals surface area contributed by atoms with E-state index < -0.39 is 23.0 Å². The molecule has 0 fully saturated rings. The molecule has 0 amide bonds. The molecule has 134 valence electrons. The average molecular weight is 389 g/mol. The highest BCUT2D eigenvalue weighted by atomic mass is 35.5. The van der Waals surface area contributed by atoms with Gasteiger partial charge in [-0.3, -0.25) is 5.10 Å². The molecule has 4 aromatic rings. The fourth-order valence-corrected chi connectivity index (χ4v) is 3.09. The molecule has 0 unspecified atom stereocenters. The fraction of sp³-hybridized carbons (Fsp3) is 0.0556. The number of fused-ring (bicyclic) bond motifs is 1. The summed E-state index contributed by atoms with van der Waals surface area (Å²) in [6, 6.07) is 6.28. The molecule has 3 heterocycles. The minimum absolute atomic E-state index is 0.0599. The molecule has 9 heteroatoms. The van der Waals surface area contributed by atoms with Crippen LogP contribution in [0.2, 0.25) is 5.22 Å². The Hall–Kier alpha value is -3.31. The fourth-order valence-electron chi connectivity index (χ4n) is 2.94. The van der Waals surface area contributed by atoms with Crippen LogP contribution in [-0.4, -0.2) is 15.2 Å². The highest BCUT2D eigenvalue weighted by molar-refractivity contribution is 6.29. The third kappa shape index (κ3) is 2.55. The molecule has 0 spiro atoms. The molecule has 0 aliphatic carbocycles. The molecule has 27 heavy (non-hydrogen) atoms. The Morgan fingerprint density at radius 2 is 1.85 bits per heavy atom. The number of aromatic amines is 1. The summed E-state index contributed by atoms with van der Waals surface area (Å²) in [5.74, 6) is -3.58. The van der Waals surface area contributed by atoms with Gasteiger partial charge in [-0.1, -0.05) is 0 Å². The molecular formula is C18H8ClF3N4O. The Morgan fingerprint density at radius 3 is 2.52 bits per heavy atom. The molecule has 1 N–H and O–H groups in total. The molecule has 0 aliphatic rings. The van der Waals surface area contributed by atoms with Crippen LogP contribution in [0.25, 0.3) is 33.6 Å². The molecule has 0 radical (unpaired) electrons. The van der Waals surface area contributed by atoms with Crippen LogP contribution < -0.4 is 0 Å². The third-order valence-corrected chi connectivity index (χ3v) is 4.30. The van der Waals surface area contributed by atoms with E-state index in [0.29, 0.717) is 17.1 Å². The number of furan rings is 1. The summed E-state index contributed by atoms with van der Waals surface area (Å²) in [5, 5.41) is 16.9. The zero-order chi connectivity index (χ0) is 19.3. The molecule has 0 aliphatic heterocycles. The van der Waals surface area contributed by atoms with Crippen LogP contribution >= 0.6 is 11.6 Å². The molecule has 1 aromatic carbocycles. The van der Waals surface area contributed by atoms with Crippen LogP contribution in [0.4, 0.5) is 13.2 Å². The van der Waals surface area contributed by atoms with Gasteiger partial charge in [-0.25, -0.2) is 18.2 Å². The number of aromatic nitrogens is 3. The van der Waals surface area contributed by atoms with E-state index >= 15 is 0 Å². The lowest BCUT2D eigenvalue weighted by Gasteiger charge is -2.11. The van der Waals surface area contributed by atoms with Crippen molar-refractivity contribution in [2.75, 3.05) is 0 Å². The number of hydrogen-bond donors (Lipinski definition) is 1. The number of nitriles is 1. The number of nitrogens with zero attached hydrogens (tertiary/aromatic N) is 3. The van der Waals surface area contributed by atoms with Crippen molar-refractivity contribution in [3.05, 3.63) is 58.2 Å². The van der Waals surface area contributed by atoms with Crippen molar-refractivity contribution in [2.24, 2.45) is 0 Å². The van der Waals surface area contributed by atoms with Gasteiger partial charge in [0.25, 0.3) is 0 Å². The van der Waals surface area contributed by atoms with Crippen LogP contribution in [0.5, 0.6) is 0 Å². The number of benzene rings is 1. The Bertz CT molecular complexity index is 1260. The summed E-state index contributed by atoms with van der Waals surface area (Å²) in [6.07, 6.45) is 0. The average Bonchev–Trinajstić information content (AvgIpc) is 3.23. The first-order valence-electron chi connectivity index (χ1n) is 7.60. The lowest BCUT2D eigenvalue weighted by atomic mass is 9.96. The SMILES string of the molecule is Cc1n[nH]c2nc(-c3c(F)ccc(F)c3F)c(C#N)c(-c3ccc(Cl)o3)c12. The molecule has 0 bridgehead atoms. The van der Waals surface area contributed by atoms with E-state index in [-0.39, 0.29) is 33.4 Å². The van der Waals surface area contributed by atoms with E-state index in [1.54, 1.807) is 6.92 Å². The van der Waals surface area contributed by atoms with E-state index in [0.717, 1.165) is 6.07 Å². The van der Waals surface area contributed by atoms with Gasteiger partial charge in [-0.15, -0.1) is 0 Å². The van der Waals surface area contributed by atoms with Gasteiger partial charge in [0.05, 0.1) is 33.5 Å². The van der Waals surface area contributed by atoms with Crippen molar-refractivity contribution in [2.45, 2.75) is 6.92 Å².